The average Bonchev–Trinajstić information content (AvgIpc) is 3.15. The van der Waals surface area contributed by atoms with E-state index in [1.165, 1.54) is 0 Å². The number of aromatic nitrogens is 2. The molecule has 0 saturated carbocycles. The highest BCUT2D eigenvalue weighted by Gasteiger charge is 2.15. The monoisotopic (exact) mass is 390 g/mol. The largest absolute Gasteiger partial charge is 0.493 e. The van der Waals surface area contributed by atoms with E-state index in [0.29, 0.717) is 22.8 Å². The van der Waals surface area contributed by atoms with Crippen LogP contribution >= 0.6 is 12.2 Å². The average molecular weight is 390 g/mol. The lowest BCUT2D eigenvalue weighted by atomic mass is 10.1. The van der Waals surface area contributed by atoms with Crippen LogP contribution in [-0.2, 0) is 0 Å². The summed E-state index contributed by atoms with van der Waals surface area (Å²) in [6.07, 6.45) is 3.47. The second kappa shape index (κ2) is 8.37. The summed E-state index contributed by atoms with van der Waals surface area (Å²) in [5.41, 5.74) is 8.94. The molecule has 0 radical (unpaired) electrons. The first kappa shape index (κ1) is 19.1. The molecule has 0 saturated heterocycles. The molecule has 2 N–H and O–H groups in total. The van der Waals surface area contributed by atoms with Crippen LogP contribution in [0.15, 0.2) is 60.3 Å². The predicted octanol–water partition coefficient (Wildman–Crippen LogP) is 3.75. The summed E-state index contributed by atoms with van der Waals surface area (Å²) >= 11 is 4.97. The molecule has 0 amide bonds. The van der Waals surface area contributed by atoms with Gasteiger partial charge in [0.1, 0.15) is 16.8 Å². The highest BCUT2D eigenvalue weighted by molar-refractivity contribution is 7.80. The molecule has 0 aliphatic rings. The Hall–Kier alpha value is -3.63. The van der Waals surface area contributed by atoms with Gasteiger partial charge in [0, 0.05) is 17.3 Å². The van der Waals surface area contributed by atoms with E-state index in [4.69, 9.17) is 32.5 Å². The smallest absolute Gasteiger partial charge is 0.161 e. The number of methoxy groups -OCH3 is 2. The summed E-state index contributed by atoms with van der Waals surface area (Å²) in [4.78, 5) is 0.0354. The fourth-order valence-electron chi connectivity index (χ4n) is 2.73. The number of ether oxygens (including phenoxy) is 2. The highest BCUT2D eigenvalue weighted by Crippen LogP contribution is 2.34. The molecule has 140 valence electrons. The second-order valence-corrected chi connectivity index (χ2v) is 6.26. The van der Waals surface area contributed by atoms with Crippen LogP contribution in [0.4, 0.5) is 0 Å². The maximum atomic E-state index is 9.34. The number of para-hydroxylation sites is 1. The van der Waals surface area contributed by atoms with Gasteiger partial charge >= 0.3 is 0 Å². The van der Waals surface area contributed by atoms with Gasteiger partial charge in [0.15, 0.2) is 11.5 Å². The topological polar surface area (TPSA) is 86.1 Å². The van der Waals surface area contributed by atoms with Crippen molar-refractivity contribution < 1.29 is 9.47 Å². The Balaban J connectivity index is 2.20. The van der Waals surface area contributed by atoms with Crippen molar-refractivity contribution in [2.75, 3.05) is 14.2 Å². The Bertz CT molecular complexity index is 1080. The van der Waals surface area contributed by atoms with Gasteiger partial charge in [0.05, 0.1) is 25.5 Å². The van der Waals surface area contributed by atoms with Gasteiger partial charge in [0.25, 0.3) is 0 Å². The van der Waals surface area contributed by atoms with Gasteiger partial charge in [-0.25, -0.2) is 4.68 Å². The van der Waals surface area contributed by atoms with Crippen LogP contribution in [-0.4, -0.2) is 29.0 Å². The second-order valence-electron chi connectivity index (χ2n) is 5.82. The summed E-state index contributed by atoms with van der Waals surface area (Å²) in [6.45, 7) is 0. The quantitative estimate of drug-likeness (QED) is 0.392. The Morgan fingerprint density at radius 2 is 1.86 bits per heavy atom. The molecule has 28 heavy (non-hydrogen) atoms. The molecule has 0 spiro atoms. The number of hydrogen-bond donors (Lipinski definition) is 1. The van der Waals surface area contributed by atoms with Gasteiger partial charge in [-0.1, -0.05) is 30.4 Å². The van der Waals surface area contributed by atoms with Gasteiger partial charge in [-0.05, 0) is 36.4 Å². The number of nitrogens with zero attached hydrogens (tertiary/aromatic N) is 3. The van der Waals surface area contributed by atoms with Crippen LogP contribution < -0.4 is 15.2 Å². The lowest BCUT2D eigenvalue weighted by Crippen LogP contribution is -2.09. The van der Waals surface area contributed by atoms with Crippen LogP contribution in [0.2, 0.25) is 0 Å². The van der Waals surface area contributed by atoms with Crippen LogP contribution in [0.3, 0.4) is 0 Å². The molecule has 7 heteroatoms. The molecular formula is C21H18N4O2S. The SMILES string of the molecule is COc1ccc(-c2nn(-c3ccccc3)cc2/C=C(\C#N)C(N)=S)cc1OC. The minimum atomic E-state index is 0.0354. The van der Waals surface area contributed by atoms with E-state index in [9.17, 15) is 5.26 Å². The molecule has 0 atom stereocenters. The van der Waals surface area contributed by atoms with Crippen molar-refractivity contribution in [3.63, 3.8) is 0 Å². The van der Waals surface area contributed by atoms with Gasteiger partial charge in [-0.2, -0.15) is 10.4 Å². The first-order chi connectivity index (χ1) is 13.6. The molecule has 6 nitrogen and oxygen atoms in total. The van der Waals surface area contributed by atoms with Crippen LogP contribution in [0.5, 0.6) is 11.5 Å². The summed E-state index contributed by atoms with van der Waals surface area (Å²) in [6, 6.07) is 17.2. The van der Waals surface area contributed by atoms with E-state index >= 15 is 0 Å². The summed E-state index contributed by atoms with van der Waals surface area (Å²) in [7, 11) is 3.16. The third-order valence-corrected chi connectivity index (χ3v) is 4.33. The molecule has 0 unspecified atom stereocenters. The number of nitrogens with two attached hydrogens (primary N) is 1. The molecular weight excluding hydrogens is 372 g/mol. The van der Waals surface area contributed by atoms with E-state index in [1.54, 1.807) is 25.0 Å². The molecule has 0 bridgehead atoms. The van der Waals surface area contributed by atoms with Crippen molar-refractivity contribution in [3.05, 3.63) is 65.9 Å². The zero-order valence-corrected chi connectivity index (χ0v) is 16.2. The Labute approximate surface area is 168 Å². The van der Waals surface area contributed by atoms with E-state index in [-0.39, 0.29) is 10.6 Å². The molecule has 0 aliphatic carbocycles. The molecule has 2 aromatic carbocycles. The molecule has 0 fully saturated rings. The van der Waals surface area contributed by atoms with E-state index in [0.717, 1.165) is 11.3 Å². The molecule has 0 aliphatic heterocycles. The zero-order chi connectivity index (χ0) is 20.1. The van der Waals surface area contributed by atoms with Gasteiger partial charge in [0.2, 0.25) is 0 Å². The Morgan fingerprint density at radius 1 is 1.14 bits per heavy atom. The van der Waals surface area contributed by atoms with Crippen molar-refractivity contribution in [1.29, 1.82) is 5.26 Å². The fraction of sp³-hybridized carbons (Fsp3) is 0.0952. The molecule has 1 heterocycles. The van der Waals surface area contributed by atoms with Crippen molar-refractivity contribution in [2.24, 2.45) is 5.73 Å². The van der Waals surface area contributed by atoms with Crippen molar-refractivity contribution >= 4 is 23.3 Å². The number of benzene rings is 2. The van der Waals surface area contributed by atoms with Crippen molar-refractivity contribution in [3.8, 4) is 34.5 Å². The van der Waals surface area contributed by atoms with Crippen LogP contribution in [0.1, 0.15) is 5.56 Å². The number of hydrogen-bond acceptors (Lipinski definition) is 5. The lowest BCUT2D eigenvalue weighted by Gasteiger charge is -2.09. The maximum absolute atomic E-state index is 9.34. The molecule has 1 aromatic heterocycles. The van der Waals surface area contributed by atoms with Crippen molar-refractivity contribution in [2.45, 2.75) is 0 Å². The third-order valence-electron chi connectivity index (χ3n) is 4.11. The Kier molecular flexibility index (Phi) is 5.72. The number of thiocarbonyl (C=S) groups is 1. The first-order valence-electron chi connectivity index (χ1n) is 8.36. The van der Waals surface area contributed by atoms with Gasteiger partial charge < -0.3 is 15.2 Å². The minimum Gasteiger partial charge on any atom is -0.493 e. The standard InChI is InChI=1S/C21H18N4O2S/c1-26-18-9-8-14(11-19(18)27-2)20-16(10-15(12-22)21(23)28)13-25(24-20)17-6-4-3-5-7-17/h3-11,13H,1-2H3,(H2,23,28)/b15-10+. The van der Waals surface area contributed by atoms with Crippen LogP contribution in [0, 0.1) is 11.3 Å². The van der Waals surface area contributed by atoms with Gasteiger partial charge in [-0.15, -0.1) is 0 Å². The molecule has 3 rings (SSSR count). The first-order valence-corrected chi connectivity index (χ1v) is 8.77. The lowest BCUT2D eigenvalue weighted by molar-refractivity contribution is 0.355. The van der Waals surface area contributed by atoms with E-state index in [1.807, 2.05) is 60.8 Å². The Morgan fingerprint density at radius 3 is 2.46 bits per heavy atom. The van der Waals surface area contributed by atoms with Crippen LogP contribution in [0.25, 0.3) is 23.0 Å². The summed E-state index contributed by atoms with van der Waals surface area (Å²) in [5, 5.41) is 14.1. The number of nitriles is 1. The normalized spacial score (nSPS) is 11.0. The van der Waals surface area contributed by atoms with E-state index < -0.39 is 0 Å². The summed E-state index contributed by atoms with van der Waals surface area (Å²) in [5.74, 6) is 1.20. The fourth-order valence-corrected chi connectivity index (χ4v) is 2.83. The van der Waals surface area contributed by atoms with E-state index in [2.05, 4.69) is 0 Å². The predicted molar refractivity (Wildman–Crippen MR) is 112 cm³/mol. The molecule has 3 aromatic rings. The highest BCUT2D eigenvalue weighted by atomic mass is 32.1. The third kappa shape index (κ3) is 3.87. The maximum Gasteiger partial charge on any atom is 0.161 e. The van der Waals surface area contributed by atoms with Gasteiger partial charge in [-0.3, -0.25) is 0 Å². The number of rotatable bonds is 6. The summed E-state index contributed by atoms with van der Waals surface area (Å²) < 4.78 is 12.5. The minimum absolute atomic E-state index is 0.0354. The van der Waals surface area contributed by atoms with Crippen molar-refractivity contribution in [1.82, 2.24) is 9.78 Å². The zero-order valence-electron chi connectivity index (χ0n) is 15.4.